The van der Waals surface area contributed by atoms with Crippen molar-refractivity contribution in [3.63, 3.8) is 0 Å². The Labute approximate surface area is 140 Å². The summed E-state index contributed by atoms with van der Waals surface area (Å²) in [5, 5.41) is 3.75. The Morgan fingerprint density at radius 1 is 1.00 bits per heavy atom. The molecule has 3 aromatic rings. The lowest BCUT2D eigenvalue weighted by Gasteiger charge is -2.20. The number of rotatable bonds is 4. The molecule has 3 nitrogen and oxygen atoms in total. The minimum Gasteiger partial charge on any atom is -0.347 e. The van der Waals surface area contributed by atoms with Gasteiger partial charge in [-0.15, -0.1) is 0 Å². The molecule has 0 bridgehead atoms. The molecule has 1 aromatic heterocycles. The van der Waals surface area contributed by atoms with E-state index in [0.29, 0.717) is 10.7 Å². The number of halogens is 1. The Morgan fingerprint density at radius 3 is 2.39 bits per heavy atom. The van der Waals surface area contributed by atoms with Crippen LogP contribution < -0.4 is 5.32 Å². The normalized spacial score (nSPS) is 11.9. The topological polar surface area (TPSA) is 34.0 Å². The van der Waals surface area contributed by atoms with E-state index < -0.39 is 0 Å². The van der Waals surface area contributed by atoms with Gasteiger partial charge in [-0.2, -0.15) is 0 Å². The molecule has 0 saturated heterocycles. The fourth-order valence-electron chi connectivity index (χ4n) is 2.59. The Morgan fingerprint density at radius 2 is 1.74 bits per heavy atom. The third-order valence-corrected chi connectivity index (χ3v) is 4.00. The van der Waals surface area contributed by atoms with Crippen LogP contribution in [-0.4, -0.2) is 10.5 Å². The van der Waals surface area contributed by atoms with Crippen molar-refractivity contribution in [1.29, 1.82) is 0 Å². The van der Waals surface area contributed by atoms with Gasteiger partial charge in [0.2, 0.25) is 0 Å². The first-order valence-corrected chi connectivity index (χ1v) is 7.75. The predicted molar refractivity (Wildman–Crippen MR) is 92.6 cm³/mol. The molecule has 0 spiro atoms. The average molecular weight is 325 g/mol. The van der Waals surface area contributed by atoms with Gasteiger partial charge in [0.05, 0.1) is 6.04 Å². The van der Waals surface area contributed by atoms with Crippen LogP contribution in [0.3, 0.4) is 0 Å². The summed E-state index contributed by atoms with van der Waals surface area (Å²) in [6.45, 7) is 0. The molecule has 0 aliphatic rings. The Hall–Kier alpha value is -2.52. The highest BCUT2D eigenvalue weighted by Crippen LogP contribution is 2.24. The summed E-state index contributed by atoms with van der Waals surface area (Å²) in [5.41, 5.74) is 2.58. The molecule has 23 heavy (non-hydrogen) atoms. The number of carbonyl (C=O) groups is 1. The van der Waals surface area contributed by atoms with E-state index in [4.69, 9.17) is 11.6 Å². The first kappa shape index (κ1) is 15.4. The second kappa shape index (κ2) is 6.71. The lowest BCUT2D eigenvalue weighted by molar-refractivity contribution is 0.0935. The van der Waals surface area contributed by atoms with Gasteiger partial charge in [-0.05, 0) is 35.4 Å². The van der Waals surface area contributed by atoms with Crippen molar-refractivity contribution < 1.29 is 4.79 Å². The molecule has 0 radical (unpaired) electrons. The average Bonchev–Trinajstić information content (AvgIpc) is 2.99. The zero-order valence-corrected chi connectivity index (χ0v) is 13.5. The van der Waals surface area contributed by atoms with Crippen LogP contribution in [0.5, 0.6) is 0 Å². The summed E-state index contributed by atoms with van der Waals surface area (Å²) in [5.74, 6) is -0.119. The number of nitrogens with one attached hydrogen (secondary N) is 1. The molecule has 1 heterocycles. The van der Waals surface area contributed by atoms with Crippen molar-refractivity contribution in [3.8, 4) is 0 Å². The largest absolute Gasteiger partial charge is 0.347 e. The fraction of sp³-hybridized carbons (Fsp3) is 0.105. The number of amides is 1. The Bertz CT molecular complexity index is 811. The lowest BCUT2D eigenvalue weighted by atomic mass is 9.98. The van der Waals surface area contributed by atoms with Crippen LogP contribution in [0.2, 0.25) is 5.02 Å². The number of aryl methyl sites for hydroxylation is 1. The summed E-state index contributed by atoms with van der Waals surface area (Å²) in [6.07, 6.45) is 1.85. The van der Waals surface area contributed by atoms with Gasteiger partial charge in [0, 0.05) is 18.3 Å². The molecule has 1 N–H and O–H groups in total. The van der Waals surface area contributed by atoms with Crippen LogP contribution in [0.4, 0.5) is 0 Å². The summed E-state index contributed by atoms with van der Waals surface area (Å²) in [6, 6.07) is 20.8. The molecule has 1 unspecified atom stereocenters. The number of nitrogens with zero attached hydrogens (tertiary/aromatic N) is 1. The molecule has 116 valence electrons. The van der Waals surface area contributed by atoms with E-state index in [2.05, 4.69) is 5.32 Å². The number of hydrogen-bond acceptors (Lipinski definition) is 1. The molecule has 0 fully saturated rings. The zero-order chi connectivity index (χ0) is 16.2. The van der Waals surface area contributed by atoms with Crippen LogP contribution in [-0.2, 0) is 7.05 Å². The first-order chi connectivity index (χ1) is 11.1. The number of hydrogen-bond donors (Lipinski definition) is 1. The minimum atomic E-state index is -0.253. The maximum atomic E-state index is 12.6. The highest BCUT2D eigenvalue weighted by atomic mass is 35.5. The second-order valence-electron chi connectivity index (χ2n) is 5.38. The number of aromatic nitrogens is 1. The third-order valence-electron chi connectivity index (χ3n) is 3.77. The molecule has 0 saturated carbocycles. The van der Waals surface area contributed by atoms with Crippen molar-refractivity contribution in [2.75, 3.05) is 0 Å². The molecule has 3 rings (SSSR count). The summed E-state index contributed by atoms with van der Waals surface area (Å²) < 4.78 is 1.80. The van der Waals surface area contributed by atoms with Crippen LogP contribution >= 0.6 is 11.6 Å². The molecular weight excluding hydrogens is 308 g/mol. The quantitative estimate of drug-likeness (QED) is 0.767. The maximum Gasteiger partial charge on any atom is 0.268 e. The fourth-order valence-corrected chi connectivity index (χ4v) is 2.79. The molecule has 2 aromatic carbocycles. The van der Waals surface area contributed by atoms with E-state index in [1.165, 1.54) is 0 Å². The van der Waals surface area contributed by atoms with Crippen molar-refractivity contribution in [3.05, 3.63) is 94.8 Å². The van der Waals surface area contributed by atoms with E-state index in [9.17, 15) is 4.79 Å². The summed E-state index contributed by atoms with van der Waals surface area (Å²) in [7, 11) is 1.85. The van der Waals surface area contributed by atoms with Gasteiger partial charge < -0.3 is 9.88 Å². The van der Waals surface area contributed by atoms with Crippen molar-refractivity contribution in [1.82, 2.24) is 9.88 Å². The SMILES string of the molecule is Cn1cccc1C(=O)NC(c1ccccc1)c1cccc(Cl)c1. The molecule has 1 amide bonds. The smallest absolute Gasteiger partial charge is 0.268 e. The molecular formula is C19H17ClN2O. The van der Waals surface area contributed by atoms with E-state index in [-0.39, 0.29) is 11.9 Å². The van der Waals surface area contributed by atoms with Gasteiger partial charge in [0.1, 0.15) is 5.69 Å². The maximum absolute atomic E-state index is 12.6. The highest BCUT2D eigenvalue weighted by Gasteiger charge is 2.19. The molecule has 0 aliphatic carbocycles. The van der Waals surface area contributed by atoms with Crippen LogP contribution in [0, 0.1) is 0 Å². The Balaban J connectivity index is 1.96. The van der Waals surface area contributed by atoms with E-state index in [0.717, 1.165) is 11.1 Å². The lowest BCUT2D eigenvalue weighted by Crippen LogP contribution is -2.30. The summed E-state index contributed by atoms with van der Waals surface area (Å²) in [4.78, 5) is 12.6. The van der Waals surface area contributed by atoms with E-state index >= 15 is 0 Å². The van der Waals surface area contributed by atoms with E-state index in [1.54, 1.807) is 10.6 Å². The highest BCUT2D eigenvalue weighted by molar-refractivity contribution is 6.30. The number of carbonyl (C=O) groups excluding carboxylic acids is 1. The Kier molecular flexibility index (Phi) is 4.49. The van der Waals surface area contributed by atoms with Gasteiger partial charge in [-0.25, -0.2) is 0 Å². The zero-order valence-electron chi connectivity index (χ0n) is 12.7. The van der Waals surface area contributed by atoms with Crippen molar-refractivity contribution in [2.24, 2.45) is 7.05 Å². The standard InChI is InChI=1S/C19H17ClN2O/c1-22-12-6-11-17(22)19(23)21-18(14-7-3-2-4-8-14)15-9-5-10-16(20)13-15/h2-13,18H,1H3,(H,21,23). The molecule has 1 atom stereocenters. The minimum absolute atomic E-state index is 0.119. The van der Waals surface area contributed by atoms with E-state index in [1.807, 2.05) is 73.9 Å². The predicted octanol–water partition coefficient (Wildman–Crippen LogP) is 4.20. The second-order valence-corrected chi connectivity index (χ2v) is 5.81. The van der Waals surface area contributed by atoms with Crippen molar-refractivity contribution in [2.45, 2.75) is 6.04 Å². The summed E-state index contributed by atoms with van der Waals surface area (Å²) >= 11 is 6.12. The van der Waals surface area contributed by atoms with Crippen molar-refractivity contribution >= 4 is 17.5 Å². The van der Waals surface area contributed by atoms with Gasteiger partial charge >= 0.3 is 0 Å². The van der Waals surface area contributed by atoms with Gasteiger partial charge in [0.25, 0.3) is 5.91 Å². The molecule has 4 heteroatoms. The van der Waals surface area contributed by atoms with Crippen LogP contribution in [0.25, 0.3) is 0 Å². The van der Waals surface area contributed by atoms with Crippen LogP contribution in [0.1, 0.15) is 27.7 Å². The van der Waals surface area contributed by atoms with Gasteiger partial charge in [-0.1, -0.05) is 54.1 Å². The van der Waals surface area contributed by atoms with Crippen LogP contribution in [0.15, 0.2) is 72.9 Å². The molecule has 0 aliphatic heterocycles. The van der Waals surface area contributed by atoms with Gasteiger partial charge in [-0.3, -0.25) is 4.79 Å². The third kappa shape index (κ3) is 3.46. The first-order valence-electron chi connectivity index (χ1n) is 7.38. The van der Waals surface area contributed by atoms with Gasteiger partial charge in [0.15, 0.2) is 0 Å². The monoisotopic (exact) mass is 324 g/mol. The number of benzene rings is 2.